The fourth-order valence-corrected chi connectivity index (χ4v) is 1.93. The topological polar surface area (TPSA) is 111 Å². The van der Waals surface area contributed by atoms with E-state index in [0.717, 1.165) is 11.6 Å². The van der Waals surface area contributed by atoms with Crippen molar-refractivity contribution < 1.29 is 19.2 Å². The molecule has 124 valence electrons. The molecule has 0 fully saturated rings. The zero-order valence-electron chi connectivity index (χ0n) is 12.8. The number of carbonyl (C=O) groups excluding carboxylic acids is 2. The first-order valence-corrected chi connectivity index (χ1v) is 6.96. The number of hydrogen-bond acceptors (Lipinski definition) is 5. The van der Waals surface area contributed by atoms with Crippen LogP contribution in [-0.4, -0.2) is 23.8 Å². The fourth-order valence-electron chi connectivity index (χ4n) is 1.93. The third-order valence-corrected chi connectivity index (χ3v) is 3.16. The van der Waals surface area contributed by atoms with Crippen LogP contribution in [0.5, 0.6) is 5.75 Å². The second-order valence-electron chi connectivity index (χ2n) is 4.83. The molecule has 0 atom stereocenters. The highest BCUT2D eigenvalue weighted by molar-refractivity contribution is 5.96. The Morgan fingerprint density at radius 3 is 2.46 bits per heavy atom. The Balaban J connectivity index is 1.89. The summed E-state index contributed by atoms with van der Waals surface area (Å²) in [5, 5.41) is 10.7. The Labute approximate surface area is 137 Å². The first-order valence-electron chi connectivity index (χ1n) is 6.96. The Bertz CT molecular complexity index is 759. The first-order chi connectivity index (χ1) is 11.5. The average Bonchev–Trinajstić information content (AvgIpc) is 2.60. The molecule has 2 rings (SSSR count). The quantitative estimate of drug-likeness (QED) is 0.639. The van der Waals surface area contributed by atoms with Crippen molar-refractivity contribution >= 4 is 17.5 Å². The monoisotopic (exact) mass is 329 g/mol. The molecule has 0 aliphatic heterocycles. The molecule has 0 aliphatic rings. The minimum absolute atomic E-state index is 0.0687. The molecule has 0 saturated carbocycles. The van der Waals surface area contributed by atoms with Crippen LogP contribution in [0.4, 0.5) is 5.69 Å². The maximum absolute atomic E-state index is 11.9. The highest BCUT2D eigenvalue weighted by Gasteiger charge is 2.12. The van der Waals surface area contributed by atoms with E-state index in [-0.39, 0.29) is 17.7 Å². The van der Waals surface area contributed by atoms with Crippen LogP contribution in [-0.2, 0) is 11.2 Å². The third kappa shape index (κ3) is 4.54. The van der Waals surface area contributed by atoms with Gasteiger partial charge in [0.05, 0.1) is 18.5 Å². The van der Waals surface area contributed by atoms with E-state index in [2.05, 4.69) is 10.9 Å². The summed E-state index contributed by atoms with van der Waals surface area (Å²) < 4.78 is 5.02. The predicted octanol–water partition coefficient (Wildman–Crippen LogP) is 1.61. The summed E-state index contributed by atoms with van der Waals surface area (Å²) in [6, 6.07) is 12.1. The van der Waals surface area contributed by atoms with Crippen molar-refractivity contribution in [2.75, 3.05) is 7.11 Å². The third-order valence-electron chi connectivity index (χ3n) is 3.16. The Hall–Kier alpha value is -3.42. The smallest absolute Gasteiger partial charge is 0.270 e. The van der Waals surface area contributed by atoms with Gasteiger partial charge in [-0.25, -0.2) is 0 Å². The molecule has 0 spiro atoms. The summed E-state index contributed by atoms with van der Waals surface area (Å²) in [6.07, 6.45) is 0.0687. The summed E-state index contributed by atoms with van der Waals surface area (Å²) >= 11 is 0. The maximum atomic E-state index is 11.9. The molecule has 8 heteroatoms. The van der Waals surface area contributed by atoms with E-state index < -0.39 is 16.7 Å². The SMILES string of the molecule is COc1ccc(CC(=O)NNC(=O)c2cccc([N+](=O)[O-])c2)cc1. The Morgan fingerprint density at radius 2 is 1.83 bits per heavy atom. The molecule has 0 bridgehead atoms. The van der Waals surface area contributed by atoms with Gasteiger partial charge in [-0.1, -0.05) is 18.2 Å². The molecular weight excluding hydrogens is 314 g/mol. The lowest BCUT2D eigenvalue weighted by atomic mass is 10.1. The van der Waals surface area contributed by atoms with Gasteiger partial charge in [-0.05, 0) is 23.8 Å². The number of nitro benzene ring substituents is 1. The molecule has 0 saturated heterocycles. The summed E-state index contributed by atoms with van der Waals surface area (Å²) in [6.45, 7) is 0. The minimum Gasteiger partial charge on any atom is -0.497 e. The van der Waals surface area contributed by atoms with Gasteiger partial charge in [-0.15, -0.1) is 0 Å². The van der Waals surface area contributed by atoms with Gasteiger partial charge in [0.1, 0.15) is 5.75 Å². The highest BCUT2D eigenvalue weighted by atomic mass is 16.6. The molecule has 0 aliphatic carbocycles. The van der Waals surface area contributed by atoms with Gasteiger partial charge in [0.15, 0.2) is 0 Å². The van der Waals surface area contributed by atoms with E-state index in [4.69, 9.17) is 4.74 Å². The number of amides is 2. The number of non-ortho nitro benzene ring substituents is 1. The molecule has 2 aromatic carbocycles. The number of hydrazine groups is 1. The van der Waals surface area contributed by atoms with Gasteiger partial charge >= 0.3 is 0 Å². The number of nitrogens with zero attached hydrogens (tertiary/aromatic N) is 1. The van der Waals surface area contributed by atoms with Gasteiger partial charge in [-0.3, -0.25) is 30.6 Å². The van der Waals surface area contributed by atoms with E-state index in [1.54, 1.807) is 31.4 Å². The van der Waals surface area contributed by atoms with E-state index in [1.807, 2.05) is 0 Å². The summed E-state index contributed by atoms with van der Waals surface area (Å²) in [7, 11) is 1.55. The molecule has 2 N–H and O–H groups in total. The molecular formula is C16H15N3O5. The highest BCUT2D eigenvalue weighted by Crippen LogP contribution is 2.13. The number of nitrogens with one attached hydrogen (secondary N) is 2. The van der Waals surface area contributed by atoms with Crippen LogP contribution in [0.3, 0.4) is 0 Å². The number of nitro groups is 1. The molecule has 0 heterocycles. The lowest BCUT2D eigenvalue weighted by molar-refractivity contribution is -0.384. The molecule has 0 unspecified atom stereocenters. The molecule has 2 amide bonds. The first kappa shape index (κ1) is 16.9. The van der Waals surface area contributed by atoms with E-state index in [1.165, 1.54) is 18.2 Å². The second kappa shape index (κ2) is 7.73. The van der Waals surface area contributed by atoms with Crippen molar-refractivity contribution in [3.8, 4) is 5.75 Å². The molecule has 2 aromatic rings. The van der Waals surface area contributed by atoms with Crippen LogP contribution < -0.4 is 15.6 Å². The number of hydrogen-bond donors (Lipinski definition) is 2. The Morgan fingerprint density at radius 1 is 1.12 bits per heavy atom. The molecule has 0 aromatic heterocycles. The second-order valence-corrected chi connectivity index (χ2v) is 4.83. The number of rotatable bonds is 5. The van der Waals surface area contributed by atoms with Crippen LogP contribution in [0.15, 0.2) is 48.5 Å². The van der Waals surface area contributed by atoms with Crippen LogP contribution in [0.25, 0.3) is 0 Å². The van der Waals surface area contributed by atoms with Gasteiger partial charge in [0.2, 0.25) is 5.91 Å². The van der Waals surface area contributed by atoms with E-state index >= 15 is 0 Å². The van der Waals surface area contributed by atoms with Crippen LogP contribution in [0.1, 0.15) is 15.9 Å². The number of benzene rings is 2. The van der Waals surface area contributed by atoms with Crippen LogP contribution in [0.2, 0.25) is 0 Å². The zero-order chi connectivity index (χ0) is 17.5. The van der Waals surface area contributed by atoms with Crippen LogP contribution in [0, 0.1) is 10.1 Å². The molecule has 0 radical (unpaired) electrons. The minimum atomic E-state index is -0.637. The normalized spacial score (nSPS) is 9.88. The molecule has 8 nitrogen and oxygen atoms in total. The van der Waals surface area contributed by atoms with Gasteiger partial charge < -0.3 is 4.74 Å². The van der Waals surface area contributed by atoms with E-state index in [0.29, 0.717) is 5.75 Å². The maximum Gasteiger partial charge on any atom is 0.270 e. The fraction of sp³-hybridized carbons (Fsp3) is 0.125. The van der Waals surface area contributed by atoms with E-state index in [9.17, 15) is 19.7 Å². The van der Waals surface area contributed by atoms with Crippen molar-refractivity contribution in [3.05, 3.63) is 69.8 Å². The predicted molar refractivity (Wildman–Crippen MR) is 85.4 cm³/mol. The van der Waals surface area contributed by atoms with Crippen molar-refractivity contribution in [2.24, 2.45) is 0 Å². The van der Waals surface area contributed by atoms with Gasteiger partial charge in [0, 0.05) is 17.7 Å². The lowest BCUT2D eigenvalue weighted by Crippen LogP contribution is -2.42. The zero-order valence-corrected chi connectivity index (χ0v) is 12.8. The summed E-state index contributed by atoms with van der Waals surface area (Å²) in [5.41, 5.74) is 5.11. The van der Waals surface area contributed by atoms with Crippen molar-refractivity contribution in [1.82, 2.24) is 10.9 Å². The van der Waals surface area contributed by atoms with Crippen molar-refractivity contribution in [3.63, 3.8) is 0 Å². The average molecular weight is 329 g/mol. The lowest BCUT2D eigenvalue weighted by Gasteiger charge is -2.08. The van der Waals surface area contributed by atoms with Crippen molar-refractivity contribution in [1.29, 1.82) is 0 Å². The van der Waals surface area contributed by atoms with Gasteiger partial charge in [0.25, 0.3) is 11.6 Å². The summed E-state index contributed by atoms with van der Waals surface area (Å²) in [5.74, 6) is -0.376. The molecule has 24 heavy (non-hydrogen) atoms. The van der Waals surface area contributed by atoms with Crippen LogP contribution >= 0.6 is 0 Å². The largest absolute Gasteiger partial charge is 0.497 e. The van der Waals surface area contributed by atoms with Gasteiger partial charge in [-0.2, -0.15) is 0 Å². The standard InChI is InChI=1S/C16H15N3O5/c1-24-14-7-5-11(6-8-14)9-15(20)17-18-16(21)12-3-2-4-13(10-12)19(22)23/h2-8,10H,9H2,1H3,(H,17,20)(H,18,21). The number of carbonyl (C=O) groups is 2. The number of ether oxygens (including phenoxy) is 1. The van der Waals surface area contributed by atoms with Crippen molar-refractivity contribution in [2.45, 2.75) is 6.42 Å². The number of methoxy groups -OCH3 is 1. The Kier molecular flexibility index (Phi) is 5.45. The summed E-state index contributed by atoms with van der Waals surface area (Å²) in [4.78, 5) is 33.8.